The van der Waals surface area contributed by atoms with E-state index in [4.69, 9.17) is 9.47 Å². The van der Waals surface area contributed by atoms with E-state index in [1.165, 1.54) is 0 Å². The lowest BCUT2D eigenvalue weighted by molar-refractivity contribution is -0.122. The van der Waals surface area contributed by atoms with Crippen molar-refractivity contribution >= 4 is 23.2 Å². The van der Waals surface area contributed by atoms with Crippen LogP contribution < -0.4 is 20.1 Å². The molecule has 2 amide bonds. The smallest absolute Gasteiger partial charge is 0.265 e. The van der Waals surface area contributed by atoms with Crippen molar-refractivity contribution in [2.24, 2.45) is 0 Å². The molecule has 2 N–H and O–H groups in total. The Bertz CT molecular complexity index is 1010. The second kappa shape index (κ2) is 9.60. The van der Waals surface area contributed by atoms with Crippen LogP contribution in [0.3, 0.4) is 0 Å². The third-order valence-corrected chi connectivity index (χ3v) is 4.55. The van der Waals surface area contributed by atoms with E-state index >= 15 is 0 Å². The maximum Gasteiger partial charge on any atom is 0.265 e. The van der Waals surface area contributed by atoms with Crippen LogP contribution in [-0.4, -0.2) is 25.0 Å². The fraction of sp³-hybridized carbons (Fsp3) is 0.167. The standard InChI is InChI=1S/C24H24N2O4/c1-16-6-4-5-7-22(16)26-24(28)18-8-12-21(13-9-18)30-17(2)23(27)25-19-10-14-20(29-3)15-11-19/h4-15,17H,1-3H3,(H,25,27)(H,26,28)/t17-/m1/s1. The Hall–Kier alpha value is -3.80. The molecule has 0 unspecified atom stereocenters. The van der Waals surface area contributed by atoms with Crippen LogP contribution in [0.2, 0.25) is 0 Å². The lowest BCUT2D eigenvalue weighted by Gasteiger charge is -2.15. The maximum absolute atomic E-state index is 12.4. The van der Waals surface area contributed by atoms with Crippen molar-refractivity contribution in [3.05, 3.63) is 83.9 Å². The molecule has 0 aromatic heterocycles. The number of hydrogen-bond acceptors (Lipinski definition) is 4. The Labute approximate surface area is 175 Å². The summed E-state index contributed by atoms with van der Waals surface area (Å²) in [4.78, 5) is 24.8. The topological polar surface area (TPSA) is 76.7 Å². The van der Waals surface area contributed by atoms with Crippen molar-refractivity contribution in [3.8, 4) is 11.5 Å². The van der Waals surface area contributed by atoms with Gasteiger partial charge in [-0.15, -0.1) is 0 Å². The van der Waals surface area contributed by atoms with Gasteiger partial charge in [0.25, 0.3) is 11.8 Å². The first kappa shape index (κ1) is 20.9. The normalized spacial score (nSPS) is 11.3. The fourth-order valence-corrected chi connectivity index (χ4v) is 2.77. The monoisotopic (exact) mass is 404 g/mol. The number of methoxy groups -OCH3 is 1. The van der Waals surface area contributed by atoms with Crippen molar-refractivity contribution in [1.82, 2.24) is 0 Å². The molecule has 3 aromatic rings. The molecule has 0 saturated heterocycles. The predicted octanol–water partition coefficient (Wildman–Crippen LogP) is 4.66. The van der Waals surface area contributed by atoms with E-state index in [9.17, 15) is 9.59 Å². The second-order valence-corrected chi connectivity index (χ2v) is 6.77. The summed E-state index contributed by atoms with van der Waals surface area (Å²) in [5, 5.41) is 5.68. The summed E-state index contributed by atoms with van der Waals surface area (Å²) >= 11 is 0. The number of ether oxygens (including phenoxy) is 2. The van der Waals surface area contributed by atoms with Crippen molar-refractivity contribution in [1.29, 1.82) is 0 Å². The predicted molar refractivity (Wildman–Crippen MR) is 117 cm³/mol. The van der Waals surface area contributed by atoms with Crippen LogP contribution in [0, 0.1) is 6.92 Å². The molecule has 0 aliphatic carbocycles. The van der Waals surface area contributed by atoms with Crippen molar-refractivity contribution in [2.45, 2.75) is 20.0 Å². The summed E-state index contributed by atoms with van der Waals surface area (Å²) in [7, 11) is 1.58. The maximum atomic E-state index is 12.4. The molecular weight excluding hydrogens is 380 g/mol. The Morgan fingerprint density at radius 1 is 0.833 bits per heavy atom. The molecule has 0 fully saturated rings. The summed E-state index contributed by atoms with van der Waals surface area (Å²) < 4.78 is 10.8. The van der Waals surface area contributed by atoms with E-state index in [0.717, 1.165) is 11.3 Å². The molecule has 0 saturated carbocycles. The van der Waals surface area contributed by atoms with E-state index in [2.05, 4.69) is 10.6 Å². The Morgan fingerprint density at radius 3 is 2.10 bits per heavy atom. The molecule has 154 valence electrons. The first-order valence-corrected chi connectivity index (χ1v) is 9.55. The minimum atomic E-state index is -0.709. The number of amides is 2. The van der Waals surface area contributed by atoms with Gasteiger partial charge in [0, 0.05) is 16.9 Å². The Morgan fingerprint density at radius 2 is 1.47 bits per heavy atom. The van der Waals surface area contributed by atoms with Gasteiger partial charge in [-0.3, -0.25) is 9.59 Å². The zero-order valence-electron chi connectivity index (χ0n) is 17.1. The van der Waals surface area contributed by atoms with Gasteiger partial charge in [0.05, 0.1) is 7.11 Å². The van der Waals surface area contributed by atoms with E-state index in [1.807, 2.05) is 31.2 Å². The molecule has 3 rings (SSSR count). The molecule has 0 radical (unpaired) electrons. The van der Waals surface area contributed by atoms with Crippen LogP contribution in [-0.2, 0) is 4.79 Å². The molecule has 3 aromatic carbocycles. The minimum absolute atomic E-state index is 0.207. The number of hydrogen-bond donors (Lipinski definition) is 2. The molecule has 30 heavy (non-hydrogen) atoms. The number of benzene rings is 3. The number of carbonyl (C=O) groups excluding carboxylic acids is 2. The quantitative estimate of drug-likeness (QED) is 0.600. The number of para-hydroxylation sites is 1. The third kappa shape index (κ3) is 5.38. The van der Waals surface area contributed by atoms with Gasteiger partial charge in [0.15, 0.2) is 6.10 Å². The van der Waals surface area contributed by atoms with E-state index < -0.39 is 6.10 Å². The molecule has 0 aliphatic heterocycles. The fourth-order valence-electron chi connectivity index (χ4n) is 2.77. The highest BCUT2D eigenvalue weighted by Gasteiger charge is 2.15. The Kier molecular flexibility index (Phi) is 6.70. The highest BCUT2D eigenvalue weighted by molar-refractivity contribution is 6.04. The van der Waals surface area contributed by atoms with Crippen LogP contribution in [0.25, 0.3) is 0 Å². The van der Waals surface area contributed by atoms with Crippen molar-refractivity contribution in [2.75, 3.05) is 17.7 Å². The van der Waals surface area contributed by atoms with Crippen LogP contribution >= 0.6 is 0 Å². The van der Waals surface area contributed by atoms with E-state index in [-0.39, 0.29) is 11.8 Å². The second-order valence-electron chi connectivity index (χ2n) is 6.77. The number of nitrogens with one attached hydrogen (secondary N) is 2. The lowest BCUT2D eigenvalue weighted by atomic mass is 10.1. The molecule has 1 atom stereocenters. The molecule has 0 spiro atoms. The Balaban J connectivity index is 1.56. The molecule has 0 bridgehead atoms. The van der Waals surface area contributed by atoms with Gasteiger partial charge in [0.1, 0.15) is 11.5 Å². The summed E-state index contributed by atoms with van der Waals surface area (Å²) in [5.41, 5.74) is 2.91. The van der Waals surface area contributed by atoms with Gasteiger partial charge in [-0.2, -0.15) is 0 Å². The zero-order chi connectivity index (χ0) is 21.5. The number of anilines is 2. The highest BCUT2D eigenvalue weighted by atomic mass is 16.5. The lowest BCUT2D eigenvalue weighted by Crippen LogP contribution is -2.30. The molecular formula is C24H24N2O4. The van der Waals surface area contributed by atoms with Crippen LogP contribution in [0.4, 0.5) is 11.4 Å². The first-order chi connectivity index (χ1) is 14.5. The molecule has 6 nitrogen and oxygen atoms in total. The summed E-state index contributed by atoms with van der Waals surface area (Å²) in [5.74, 6) is 0.728. The first-order valence-electron chi connectivity index (χ1n) is 9.55. The average Bonchev–Trinajstić information content (AvgIpc) is 2.76. The molecule has 0 heterocycles. The van der Waals surface area contributed by atoms with Crippen LogP contribution in [0.5, 0.6) is 11.5 Å². The van der Waals surface area contributed by atoms with Crippen molar-refractivity contribution in [3.63, 3.8) is 0 Å². The SMILES string of the molecule is COc1ccc(NC(=O)[C@@H](C)Oc2ccc(C(=O)Nc3ccccc3C)cc2)cc1. The average molecular weight is 404 g/mol. The van der Waals surface area contributed by atoms with Gasteiger partial charge < -0.3 is 20.1 Å². The summed E-state index contributed by atoms with van der Waals surface area (Å²) in [6, 6.07) is 21.3. The highest BCUT2D eigenvalue weighted by Crippen LogP contribution is 2.19. The summed E-state index contributed by atoms with van der Waals surface area (Å²) in [6.07, 6.45) is -0.709. The minimum Gasteiger partial charge on any atom is -0.497 e. The number of carbonyl (C=O) groups is 2. The summed E-state index contributed by atoms with van der Waals surface area (Å²) in [6.45, 7) is 3.60. The number of aryl methyl sites for hydroxylation is 1. The van der Waals surface area contributed by atoms with E-state index in [1.54, 1.807) is 62.6 Å². The van der Waals surface area contributed by atoms with E-state index in [0.29, 0.717) is 22.7 Å². The zero-order valence-corrected chi connectivity index (χ0v) is 17.1. The van der Waals surface area contributed by atoms with Crippen LogP contribution in [0.15, 0.2) is 72.8 Å². The van der Waals surface area contributed by atoms with Crippen LogP contribution in [0.1, 0.15) is 22.8 Å². The van der Waals surface area contributed by atoms with Crippen molar-refractivity contribution < 1.29 is 19.1 Å². The van der Waals surface area contributed by atoms with Gasteiger partial charge in [0.2, 0.25) is 0 Å². The van der Waals surface area contributed by atoms with Gasteiger partial charge >= 0.3 is 0 Å². The van der Waals surface area contributed by atoms with Gasteiger partial charge in [-0.1, -0.05) is 18.2 Å². The largest absolute Gasteiger partial charge is 0.497 e. The molecule has 6 heteroatoms. The number of rotatable bonds is 7. The third-order valence-electron chi connectivity index (χ3n) is 4.55. The van der Waals surface area contributed by atoms with Gasteiger partial charge in [-0.05, 0) is 74.0 Å². The van der Waals surface area contributed by atoms with Gasteiger partial charge in [-0.25, -0.2) is 0 Å². The molecule has 0 aliphatic rings.